The first kappa shape index (κ1) is 11.8. The predicted molar refractivity (Wildman–Crippen MR) is 60.4 cm³/mol. The molecule has 4 heteroatoms. The van der Waals surface area contributed by atoms with Crippen molar-refractivity contribution in [2.75, 3.05) is 0 Å². The standard InChI is InChI=1S/C11H18N2O2/c1-7(2)13-8(11(3,4)5)6-9(14)12-10(13)15/h6-7H,1-5H3,(H,12,14,15). The van der Waals surface area contributed by atoms with E-state index in [0.717, 1.165) is 5.69 Å². The van der Waals surface area contributed by atoms with Crippen LogP contribution in [0.5, 0.6) is 0 Å². The predicted octanol–water partition coefficient (Wildman–Crippen LogP) is 1.41. The number of nitrogens with one attached hydrogen (secondary N) is 1. The molecule has 0 saturated heterocycles. The van der Waals surface area contributed by atoms with E-state index in [4.69, 9.17) is 0 Å². The number of aromatic nitrogens is 2. The molecule has 0 radical (unpaired) electrons. The first-order valence-electron chi connectivity index (χ1n) is 5.10. The minimum atomic E-state index is -0.332. The van der Waals surface area contributed by atoms with E-state index in [9.17, 15) is 9.59 Å². The average Bonchev–Trinajstić information content (AvgIpc) is 1.99. The first-order valence-corrected chi connectivity index (χ1v) is 5.10. The number of hydrogen-bond donors (Lipinski definition) is 1. The summed E-state index contributed by atoms with van der Waals surface area (Å²) in [6.45, 7) is 9.81. The maximum Gasteiger partial charge on any atom is 0.328 e. The lowest BCUT2D eigenvalue weighted by molar-refractivity contribution is 0.456. The van der Waals surface area contributed by atoms with E-state index in [-0.39, 0.29) is 22.7 Å². The maximum absolute atomic E-state index is 11.7. The van der Waals surface area contributed by atoms with Crippen LogP contribution in [0.2, 0.25) is 0 Å². The third kappa shape index (κ3) is 2.37. The minimum absolute atomic E-state index is 0.0450. The fourth-order valence-corrected chi connectivity index (χ4v) is 1.60. The van der Waals surface area contributed by atoms with Crippen molar-refractivity contribution in [2.24, 2.45) is 0 Å². The number of rotatable bonds is 1. The van der Waals surface area contributed by atoms with Crippen LogP contribution in [0.25, 0.3) is 0 Å². The number of H-pyrrole nitrogens is 1. The van der Waals surface area contributed by atoms with Crippen molar-refractivity contribution >= 4 is 0 Å². The van der Waals surface area contributed by atoms with Crippen molar-refractivity contribution in [3.05, 3.63) is 32.6 Å². The molecule has 1 N–H and O–H groups in total. The van der Waals surface area contributed by atoms with E-state index in [0.29, 0.717) is 0 Å². The fraction of sp³-hybridized carbons (Fsp3) is 0.636. The molecule has 15 heavy (non-hydrogen) atoms. The van der Waals surface area contributed by atoms with Gasteiger partial charge in [-0.1, -0.05) is 20.8 Å². The summed E-state index contributed by atoms with van der Waals surface area (Å²) in [4.78, 5) is 25.2. The molecule has 0 aliphatic heterocycles. The van der Waals surface area contributed by atoms with Gasteiger partial charge in [0, 0.05) is 23.2 Å². The van der Waals surface area contributed by atoms with Gasteiger partial charge in [-0.3, -0.25) is 14.3 Å². The molecular weight excluding hydrogens is 192 g/mol. The number of aromatic amines is 1. The molecule has 1 aromatic rings. The molecule has 0 aromatic carbocycles. The van der Waals surface area contributed by atoms with Crippen LogP contribution in [-0.4, -0.2) is 9.55 Å². The summed E-state index contributed by atoms with van der Waals surface area (Å²) in [5.41, 5.74) is -0.104. The molecular formula is C11H18N2O2. The van der Waals surface area contributed by atoms with Crippen LogP contribution in [0, 0.1) is 0 Å². The third-order valence-electron chi connectivity index (χ3n) is 2.26. The molecule has 1 heterocycles. The van der Waals surface area contributed by atoms with Crippen molar-refractivity contribution < 1.29 is 0 Å². The second-order valence-electron chi connectivity index (χ2n) is 5.04. The van der Waals surface area contributed by atoms with Crippen LogP contribution < -0.4 is 11.2 Å². The van der Waals surface area contributed by atoms with Gasteiger partial charge in [-0.15, -0.1) is 0 Å². The van der Waals surface area contributed by atoms with Crippen molar-refractivity contribution in [1.29, 1.82) is 0 Å². The van der Waals surface area contributed by atoms with E-state index in [1.807, 2.05) is 34.6 Å². The molecule has 4 nitrogen and oxygen atoms in total. The van der Waals surface area contributed by atoms with Crippen LogP contribution in [0.3, 0.4) is 0 Å². The van der Waals surface area contributed by atoms with E-state index >= 15 is 0 Å². The lowest BCUT2D eigenvalue weighted by Gasteiger charge is -2.25. The first-order chi connectivity index (χ1) is 6.73. The summed E-state index contributed by atoms with van der Waals surface area (Å²) in [6.07, 6.45) is 0. The summed E-state index contributed by atoms with van der Waals surface area (Å²) >= 11 is 0. The molecule has 0 amide bonds. The topological polar surface area (TPSA) is 54.9 Å². The van der Waals surface area contributed by atoms with Crippen LogP contribution in [-0.2, 0) is 5.41 Å². The van der Waals surface area contributed by atoms with E-state index in [2.05, 4.69) is 4.98 Å². The third-order valence-corrected chi connectivity index (χ3v) is 2.26. The Morgan fingerprint density at radius 1 is 1.27 bits per heavy atom. The quantitative estimate of drug-likeness (QED) is 0.762. The van der Waals surface area contributed by atoms with Crippen molar-refractivity contribution in [3.8, 4) is 0 Å². The van der Waals surface area contributed by atoms with Gasteiger partial charge >= 0.3 is 5.69 Å². The SMILES string of the molecule is CC(C)n1c(C(C)(C)C)cc(=O)[nH]c1=O. The van der Waals surface area contributed by atoms with Crippen molar-refractivity contribution in [1.82, 2.24) is 9.55 Å². The Labute approximate surface area is 89.0 Å². The Morgan fingerprint density at radius 2 is 1.80 bits per heavy atom. The number of nitrogens with zero attached hydrogens (tertiary/aromatic N) is 1. The normalized spacial score (nSPS) is 12.1. The van der Waals surface area contributed by atoms with Gasteiger partial charge in [-0.25, -0.2) is 4.79 Å². The van der Waals surface area contributed by atoms with Crippen molar-refractivity contribution in [3.63, 3.8) is 0 Å². The Bertz CT molecular complexity index is 461. The van der Waals surface area contributed by atoms with Gasteiger partial charge in [0.1, 0.15) is 0 Å². The van der Waals surface area contributed by atoms with Gasteiger partial charge in [0.2, 0.25) is 0 Å². The Hall–Kier alpha value is -1.32. The van der Waals surface area contributed by atoms with Gasteiger partial charge in [-0.2, -0.15) is 0 Å². The molecule has 0 aliphatic rings. The smallest absolute Gasteiger partial charge is 0.295 e. The fourth-order valence-electron chi connectivity index (χ4n) is 1.60. The zero-order chi connectivity index (χ0) is 11.8. The summed E-state index contributed by atoms with van der Waals surface area (Å²) < 4.78 is 1.63. The summed E-state index contributed by atoms with van der Waals surface area (Å²) in [7, 11) is 0. The van der Waals surface area contributed by atoms with Crippen molar-refractivity contribution in [2.45, 2.75) is 46.1 Å². The van der Waals surface area contributed by atoms with E-state index < -0.39 is 0 Å². The molecule has 84 valence electrons. The highest BCUT2D eigenvalue weighted by atomic mass is 16.2. The minimum Gasteiger partial charge on any atom is -0.295 e. The van der Waals surface area contributed by atoms with Crippen LogP contribution >= 0.6 is 0 Å². The zero-order valence-electron chi connectivity index (χ0n) is 9.92. The molecule has 1 aromatic heterocycles. The Balaban J connectivity index is 3.62. The maximum atomic E-state index is 11.7. The van der Waals surface area contributed by atoms with Gasteiger partial charge < -0.3 is 0 Å². The van der Waals surface area contributed by atoms with Crippen LogP contribution in [0.1, 0.15) is 46.4 Å². The largest absolute Gasteiger partial charge is 0.328 e. The van der Waals surface area contributed by atoms with E-state index in [1.165, 1.54) is 6.07 Å². The molecule has 0 spiro atoms. The molecule has 0 fully saturated rings. The second kappa shape index (κ2) is 3.68. The Morgan fingerprint density at radius 3 is 2.20 bits per heavy atom. The summed E-state index contributed by atoms with van der Waals surface area (Å²) in [5, 5.41) is 0. The number of hydrogen-bond acceptors (Lipinski definition) is 2. The van der Waals surface area contributed by atoms with Crippen LogP contribution in [0.4, 0.5) is 0 Å². The Kier molecular flexibility index (Phi) is 2.88. The summed E-state index contributed by atoms with van der Waals surface area (Å²) in [5.74, 6) is 0. The average molecular weight is 210 g/mol. The molecule has 0 bridgehead atoms. The monoisotopic (exact) mass is 210 g/mol. The lowest BCUT2D eigenvalue weighted by atomic mass is 9.91. The highest BCUT2D eigenvalue weighted by Crippen LogP contribution is 2.21. The van der Waals surface area contributed by atoms with Gasteiger partial charge in [-0.05, 0) is 13.8 Å². The molecule has 0 atom stereocenters. The summed E-state index contributed by atoms with van der Waals surface area (Å²) in [6, 6.07) is 1.55. The second-order valence-corrected chi connectivity index (χ2v) is 5.04. The van der Waals surface area contributed by atoms with Gasteiger partial charge in [0.15, 0.2) is 0 Å². The molecule has 1 rings (SSSR count). The van der Waals surface area contributed by atoms with Crippen LogP contribution in [0.15, 0.2) is 15.7 Å². The van der Waals surface area contributed by atoms with E-state index in [1.54, 1.807) is 4.57 Å². The van der Waals surface area contributed by atoms with Gasteiger partial charge in [0.05, 0.1) is 0 Å². The highest BCUT2D eigenvalue weighted by molar-refractivity contribution is 5.13. The zero-order valence-corrected chi connectivity index (χ0v) is 9.92. The molecule has 0 saturated carbocycles. The van der Waals surface area contributed by atoms with Gasteiger partial charge in [0.25, 0.3) is 5.56 Å². The lowest BCUT2D eigenvalue weighted by Crippen LogP contribution is -2.37. The highest BCUT2D eigenvalue weighted by Gasteiger charge is 2.21. The molecule has 0 aliphatic carbocycles. The molecule has 0 unspecified atom stereocenters.